The second kappa shape index (κ2) is 4.97. The molecule has 0 fully saturated rings. The van der Waals surface area contributed by atoms with Gasteiger partial charge in [-0.05, 0) is 19.1 Å². The maximum absolute atomic E-state index is 12.8. The van der Waals surface area contributed by atoms with Gasteiger partial charge < -0.3 is 10.2 Å². The molecule has 0 amide bonds. The number of hydrogen-bond acceptors (Lipinski definition) is 1. The lowest BCUT2D eigenvalue weighted by Gasteiger charge is -2.28. The molecule has 2 N–H and O–H groups in total. The van der Waals surface area contributed by atoms with Crippen LogP contribution < -0.4 is 5.73 Å². The number of quaternary nitrogens is 1. The monoisotopic (exact) mass is 281 g/mol. The summed E-state index contributed by atoms with van der Waals surface area (Å²) in [6, 6.07) is 2.58. The number of anilines is 1. The molecule has 102 valence electrons. The number of halogens is 4. The van der Waals surface area contributed by atoms with Crippen LogP contribution in [-0.4, -0.2) is 25.1 Å². The molecular formula is C12H17ClF3N2+. The van der Waals surface area contributed by atoms with Gasteiger partial charge in [-0.1, -0.05) is 11.6 Å². The third-order valence-electron chi connectivity index (χ3n) is 2.96. The smallest absolute Gasteiger partial charge is 0.397 e. The van der Waals surface area contributed by atoms with Crippen molar-refractivity contribution >= 4 is 17.3 Å². The van der Waals surface area contributed by atoms with Crippen molar-refractivity contribution < 1.29 is 17.7 Å². The minimum atomic E-state index is -4.48. The Morgan fingerprint density at radius 2 is 1.83 bits per heavy atom. The molecule has 0 aliphatic rings. The minimum Gasteiger partial charge on any atom is -0.397 e. The van der Waals surface area contributed by atoms with Gasteiger partial charge in [-0.15, -0.1) is 0 Å². The van der Waals surface area contributed by atoms with Crippen LogP contribution in [0.25, 0.3) is 0 Å². The second-order valence-corrected chi connectivity index (χ2v) is 5.35. The number of benzene rings is 1. The van der Waals surface area contributed by atoms with E-state index < -0.39 is 17.4 Å². The number of nitrogen functional groups attached to an aromatic ring is 1. The second-order valence-electron chi connectivity index (χ2n) is 4.95. The van der Waals surface area contributed by atoms with E-state index in [9.17, 15) is 13.2 Å². The van der Waals surface area contributed by atoms with Crippen LogP contribution in [0.2, 0.25) is 5.02 Å². The number of hydrogen-bond donors (Lipinski definition) is 1. The van der Waals surface area contributed by atoms with E-state index in [0.29, 0.717) is 16.6 Å². The van der Waals surface area contributed by atoms with Gasteiger partial charge >= 0.3 is 6.18 Å². The minimum absolute atomic E-state index is 0.0454. The molecule has 0 heterocycles. The first-order valence-electron chi connectivity index (χ1n) is 5.54. The largest absolute Gasteiger partial charge is 0.418 e. The molecule has 0 radical (unpaired) electrons. The van der Waals surface area contributed by atoms with Crippen molar-refractivity contribution in [3.63, 3.8) is 0 Å². The first kappa shape index (κ1) is 15.1. The lowest BCUT2D eigenvalue weighted by Crippen LogP contribution is -2.38. The van der Waals surface area contributed by atoms with Crippen LogP contribution in [0.1, 0.15) is 18.1 Å². The van der Waals surface area contributed by atoms with E-state index in [4.69, 9.17) is 17.3 Å². The summed E-state index contributed by atoms with van der Waals surface area (Å²) in [5.41, 5.74) is 4.64. The van der Waals surface area contributed by atoms with Crippen LogP contribution in [-0.2, 0) is 12.7 Å². The quantitative estimate of drug-likeness (QED) is 0.666. The van der Waals surface area contributed by atoms with E-state index in [1.54, 1.807) is 0 Å². The van der Waals surface area contributed by atoms with E-state index in [-0.39, 0.29) is 5.02 Å². The van der Waals surface area contributed by atoms with Crippen molar-refractivity contribution in [3.05, 3.63) is 28.3 Å². The van der Waals surface area contributed by atoms with Gasteiger partial charge in [-0.3, -0.25) is 0 Å². The number of alkyl halides is 3. The maximum atomic E-state index is 12.8. The van der Waals surface area contributed by atoms with E-state index in [1.165, 1.54) is 6.07 Å². The van der Waals surface area contributed by atoms with Gasteiger partial charge in [0.2, 0.25) is 0 Å². The van der Waals surface area contributed by atoms with Crippen LogP contribution >= 0.6 is 11.6 Å². The lowest BCUT2D eigenvalue weighted by molar-refractivity contribution is -0.901. The Bertz CT molecular complexity index is 442. The highest BCUT2D eigenvalue weighted by molar-refractivity contribution is 6.33. The van der Waals surface area contributed by atoms with E-state index in [0.717, 1.165) is 12.6 Å². The van der Waals surface area contributed by atoms with Crippen LogP contribution in [0.15, 0.2) is 12.1 Å². The van der Waals surface area contributed by atoms with Crippen LogP contribution in [0.3, 0.4) is 0 Å². The standard InChI is InChI=1S/C12H17ClF3N2/c1-4-18(2,3)7-8-5-9(12(14,15)16)11(17)10(13)6-8/h5-6H,4,7,17H2,1-3H3/q+1. The molecule has 0 unspecified atom stereocenters. The molecular weight excluding hydrogens is 265 g/mol. The Hall–Kier alpha value is -0.940. The first-order chi connectivity index (χ1) is 8.07. The lowest BCUT2D eigenvalue weighted by atomic mass is 10.1. The highest BCUT2D eigenvalue weighted by Gasteiger charge is 2.34. The van der Waals surface area contributed by atoms with Gasteiger partial charge in [0.1, 0.15) is 6.54 Å². The average molecular weight is 282 g/mol. The Labute approximate surface area is 110 Å². The van der Waals surface area contributed by atoms with Crippen molar-refractivity contribution in [3.8, 4) is 0 Å². The van der Waals surface area contributed by atoms with Gasteiger partial charge in [0, 0.05) is 5.56 Å². The summed E-state index contributed by atoms with van der Waals surface area (Å²) in [4.78, 5) is 0. The van der Waals surface area contributed by atoms with Crippen molar-refractivity contribution in [1.82, 2.24) is 0 Å². The van der Waals surface area contributed by atoms with Gasteiger partial charge in [-0.25, -0.2) is 0 Å². The summed E-state index contributed by atoms with van der Waals surface area (Å²) in [7, 11) is 3.88. The fourth-order valence-electron chi connectivity index (χ4n) is 1.61. The molecule has 2 nitrogen and oxygen atoms in total. The molecule has 6 heteroatoms. The summed E-state index contributed by atoms with van der Waals surface area (Å²) in [5, 5.41) is -0.0454. The summed E-state index contributed by atoms with van der Waals surface area (Å²) >= 11 is 5.77. The van der Waals surface area contributed by atoms with E-state index >= 15 is 0 Å². The number of rotatable bonds is 3. The molecule has 1 aromatic rings. The molecule has 0 spiro atoms. The van der Waals surface area contributed by atoms with Crippen molar-refractivity contribution in [2.75, 3.05) is 26.4 Å². The Morgan fingerprint density at radius 1 is 1.28 bits per heavy atom. The zero-order chi connectivity index (χ0) is 14.1. The van der Waals surface area contributed by atoms with Crippen molar-refractivity contribution in [2.45, 2.75) is 19.6 Å². The van der Waals surface area contributed by atoms with Crippen molar-refractivity contribution in [2.24, 2.45) is 0 Å². The Morgan fingerprint density at radius 3 is 2.28 bits per heavy atom. The topological polar surface area (TPSA) is 26.0 Å². The fraction of sp³-hybridized carbons (Fsp3) is 0.500. The zero-order valence-electron chi connectivity index (χ0n) is 10.6. The third-order valence-corrected chi connectivity index (χ3v) is 3.27. The molecule has 1 aromatic carbocycles. The van der Waals surface area contributed by atoms with Crippen molar-refractivity contribution in [1.29, 1.82) is 0 Å². The summed E-state index contributed by atoms with van der Waals surface area (Å²) < 4.78 is 38.9. The van der Waals surface area contributed by atoms with Gasteiger partial charge in [0.25, 0.3) is 0 Å². The third kappa shape index (κ3) is 3.53. The van der Waals surface area contributed by atoms with Gasteiger partial charge in [0.15, 0.2) is 0 Å². The van der Waals surface area contributed by atoms with Crippen LogP contribution in [0.5, 0.6) is 0 Å². The SMILES string of the molecule is CC[N+](C)(C)Cc1cc(Cl)c(N)c(C(F)(F)F)c1. The molecule has 0 aliphatic heterocycles. The van der Waals surface area contributed by atoms with Crippen LogP contribution in [0.4, 0.5) is 18.9 Å². The molecule has 0 aromatic heterocycles. The predicted molar refractivity (Wildman–Crippen MR) is 67.2 cm³/mol. The average Bonchev–Trinajstić information content (AvgIpc) is 2.21. The van der Waals surface area contributed by atoms with E-state index in [2.05, 4.69) is 0 Å². The molecule has 0 atom stereocenters. The molecule has 18 heavy (non-hydrogen) atoms. The highest BCUT2D eigenvalue weighted by atomic mass is 35.5. The highest BCUT2D eigenvalue weighted by Crippen LogP contribution is 2.38. The number of nitrogens with zero attached hydrogens (tertiary/aromatic N) is 1. The summed E-state index contributed by atoms with van der Waals surface area (Å²) in [6.45, 7) is 3.26. The number of nitrogens with two attached hydrogens (primary N) is 1. The molecule has 1 rings (SSSR count). The molecule has 0 aliphatic carbocycles. The first-order valence-corrected chi connectivity index (χ1v) is 5.91. The predicted octanol–water partition coefficient (Wildman–Crippen LogP) is 3.54. The van der Waals surface area contributed by atoms with Gasteiger partial charge in [-0.2, -0.15) is 13.2 Å². The Balaban J connectivity index is 3.21. The molecule has 0 bridgehead atoms. The van der Waals surface area contributed by atoms with Crippen LogP contribution in [0, 0.1) is 0 Å². The van der Waals surface area contributed by atoms with E-state index in [1.807, 2.05) is 21.0 Å². The zero-order valence-corrected chi connectivity index (χ0v) is 11.4. The molecule has 0 saturated carbocycles. The maximum Gasteiger partial charge on any atom is 0.418 e. The summed E-state index contributed by atoms with van der Waals surface area (Å²) in [5.74, 6) is 0. The van der Waals surface area contributed by atoms with Gasteiger partial charge in [0.05, 0.1) is 36.9 Å². The fourth-order valence-corrected chi connectivity index (χ4v) is 1.85. The summed E-state index contributed by atoms with van der Waals surface area (Å²) in [6.07, 6.45) is -4.48. The normalized spacial score (nSPS) is 12.8. The Kier molecular flexibility index (Phi) is 4.18. The molecule has 0 saturated heterocycles.